The molecule has 2 aliphatic heterocycles. The average molecular weight is 419 g/mol. The molecule has 0 saturated carbocycles. The lowest BCUT2D eigenvalue weighted by molar-refractivity contribution is -0.228. The maximum Gasteiger partial charge on any atom is 0.164 e. The number of benzene rings is 2. The van der Waals surface area contributed by atoms with E-state index in [4.69, 9.17) is 18.9 Å². The van der Waals surface area contributed by atoms with Crippen LogP contribution in [-0.4, -0.2) is 36.5 Å². The Morgan fingerprint density at radius 1 is 0.846 bits per heavy atom. The van der Waals surface area contributed by atoms with E-state index in [-0.39, 0.29) is 30.5 Å². The number of hydrogen-bond acceptors (Lipinski definition) is 4. The SMILES string of the molecule is BrC[C@H]1[C@@H]2OC[C@@H](O2)[C@@H](OCc2ccccc2)[C@@H]1OCc1ccccc1. The van der Waals surface area contributed by atoms with Gasteiger partial charge in [0.15, 0.2) is 6.29 Å². The molecule has 4 nitrogen and oxygen atoms in total. The average Bonchev–Trinajstić information content (AvgIpc) is 3.12. The highest BCUT2D eigenvalue weighted by molar-refractivity contribution is 9.09. The summed E-state index contributed by atoms with van der Waals surface area (Å²) in [6.45, 7) is 1.65. The van der Waals surface area contributed by atoms with Gasteiger partial charge in [-0.05, 0) is 11.1 Å². The van der Waals surface area contributed by atoms with Crippen molar-refractivity contribution in [3.8, 4) is 0 Å². The summed E-state index contributed by atoms with van der Waals surface area (Å²) in [4.78, 5) is 0. The van der Waals surface area contributed by atoms with Gasteiger partial charge in [-0.3, -0.25) is 0 Å². The van der Waals surface area contributed by atoms with Crippen molar-refractivity contribution >= 4 is 15.9 Å². The summed E-state index contributed by atoms with van der Waals surface area (Å²) in [5, 5.41) is 0.745. The summed E-state index contributed by atoms with van der Waals surface area (Å²) in [6.07, 6.45) is -0.540. The molecular formula is C21H23BrO4. The predicted molar refractivity (Wildman–Crippen MR) is 102 cm³/mol. The second kappa shape index (κ2) is 8.63. The normalized spacial score (nSPS) is 30.4. The molecule has 2 fully saturated rings. The highest BCUT2D eigenvalue weighted by atomic mass is 79.9. The van der Waals surface area contributed by atoms with Gasteiger partial charge in [-0.2, -0.15) is 0 Å². The van der Waals surface area contributed by atoms with Gasteiger partial charge in [-0.15, -0.1) is 0 Å². The molecule has 138 valence electrons. The number of rotatable bonds is 7. The van der Waals surface area contributed by atoms with E-state index in [1.54, 1.807) is 0 Å². The van der Waals surface area contributed by atoms with Crippen LogP contribution >= 0.6 is 15.9 Å². The van der Waals surface area contributed by atoms with Gasteiger partial charge in [0, 0.05) is 11.2 Å². The fraction of sp³-hybridized carbons (Fsp3) is 0.429. The van der Waals surface area contributed by atoms with Crippen LogP contribution in [0.4, 0.5) is 0 Å². The number of alkyl halides is 1. The molecule has 0 aromatic heterocycles. The Balaban J connectivity index is 1.48. The molecule has 0 amide bonds. The number of fused-ring (bicyclic) bond motifs is 2. The van der Waals surface area contributed by atoms with Gasteiger partial charge in [-0.1, -0.05) is 76.6 Å². The second-order valence-electron chi connectivity index (χ2n) is 6.72. The molecular weight excluding hydrogens is 396 g/mol. The molecule has 2 bridgehead atoms. The Hall–Kier alpha value is -1.24. The molecule has 2 aromatic rings. The molecule has 26 heavy (non-hydrogen) atoms. The Morgan fingerprint density at radius 3 is 2.00 bits per heavy atom. The van der Waals surface area contributed by atoms with Crippen molar-refractivity contribution in [1.29, 1.82) is 0 Å². The van der Waals surface area contributed by atoms with Gasteiger partial charge in [0.25, 0.3) is 0 Å². The molecule has 2 aromatic carbocycles. The third-order valence-electron chi connectivity index (χ3n) is 4.94. The van der Waals surface area contributed by atoms with Gasteiger partial charge < -0.3 is 18.9 Å². The lowest BCUT2D eigenvalue weighted by atomic mass is 9.93. The summed E-state index contributed by atoms with van der Waals surface area (Å²) in [5.41, 5.74) is 2.30. The topological polar surface area (TPSA) is 36.9 Å². The Kier molecular flexibility index (Phi) is 6.02. The van der Waals surface area contributed by atoms with Crippen molar-refractivity contribution in [2.45, 2.75) is 37.8 Å². The highest BCUT2D eigenvalue weighted by Gasteiger charge is 2.51. The first-order valence-corrected chi connectivity index (χ1v) is 10.1. The maximum absolute atomic E-state index is 6.34. The van der Waals surface area contributed by atoms with Crippen molar-refractivity contribution < 1.29 is 18.9 Å². The zero-order valence-corrected chi connectivity index (χ0v) is 16.1. The van der Waals surface area contributed by atoms with Crippen LogP contribution in [0.1, 0.15) is 11.1 Å². The van der Waals surface area contributed by atoms with Crippen molar-refractivity contribution in [1.82, 2.24) is 0 Å². The Morgan fingerprint density at radius 2 is 1.42 bits per heavy atom. The lowest BCUT2D eigenvalue weighted by Crippen LogP contribution is -2.53. The number of ether oxygens (including phenoxy) is 4. The zero-order chi connectivity index (χ0) is 17.8. The summed E-state index contributed by atoms with van der Waals surface area (Å²) >= 11 is 3.61. The van der Waals surface area contributed by atoms with E-state index in [9.17, 15) is 0 Å². The van der Waals surface area contributed by atoms with Crippen LogP contribution in [0.2, 0.25) is 0 Å². The maximum atomic E-state index is 6.34. The monoisotopic (exact) mass is 418 g/mol. The third-order valence-corrected chi connectivity index (χ3v) is 5.69. The van der Waals surface area contributed by atoms with Crippen LogP contribution in [0, 0.1) is 5.92 Å². The Labute approximate surface area is 162 Å². The molecule has 2 aliphatic rings. The highest BCUT2D eigenvalue weighted by Crippen LogP contribution is 2.37. The molecule has 5 atom stereocenters. The van der Waals surface area contributed by atoms with E-state index in [2.05, 4.69) is 40.2 Å². The summed E-state index contributed by atoms with van der Waals surface area (Å²) in [7, 11) is 0. The summed E-state index contributed by atoms with van der Waals surface area (Å²) in [5.74, 6) is 0.0956. The third kappa shape index (κ3) is 4.02. The van der Waals surface area contributed by atoms with Gasteiger partial charge in [0.05, 0.1) is 25.9 Å². The van der Waals surface area contributed by atoms with E-state index >= 15 is 0 Å². The number of hydrogen-bond donors (Lipinski definition) is 0. The molecule has 0 radical (unpaired) electrons. The van der Waals surface area contributed by atoms with Gasteiger partial charge in [-0.25, -0.2) is 0 Å². The summed E-state index contributed by atoms with van der Waals surface area (Å²) < 4.78 is 24.5. The molecule has 4 rings (SSSR count). The van der Waals surface area contributed by atoms with Crippen LogP contribution < -0.4 is 0 Å². The first kappa shape index (κ1) is 18.1. The van der Waals surface area contributed by atoms with Crippen molar-refractivity contribution in [2.24, 2.45) is 5.92 Å². The van der Waals surface area contributed by atoms with E-state index in [1.165, 1.54) is 0 Å². The van der Waals surface area contributed by atoms with Gasteiger partial charge in [0.1, 0.15) is 12.2 Å². The van der Waals surface area contributed by atoms with Crippen molar-refractivity contribution in [3.05, 3.63) is 71.8 Å². The molecule has 0 aliphatic carbocycles. The van der Waals surface area contributed by atoms with Crippen LogP contribution in [0.3, 0.4) is 0 Å². The first-order chi connectivity index (χ1) is 12.8. The van der Waals surface area contributed by atoms with Gasteiger partial charge in [0.2, 0.25) is 0 Å². The standard InChI is InChI=1S/C21H23BrO4/c22-11-17-19(23-12-15-7-3-1-4-8-15)20(18-14-25-21(17)26-18)24-13-16-9-5-2-6-10-16/h1-10,17-21H,11-14H2/t17-,18-,19-,20-,21-/m1/s1. The summed E-state index contributed by atoms with van der Waals surface area (Å²) in [6, 6.07) is 20.4. The minimum absolute atomic E-state index is 0.0791. The molecule has 0 spiro atoms. The van der Waals surface area contributed by atoms with Gasteiger partial charge >= 0.3 is 0 Å². The van der Waals surface area contributed by atoms with Crippen LogP contribution in [0.15, 0.2) is 60.7 Å². The molecule has 2 heterocycles. The predicted octanol–water partition coefficient (Wildman–Crippen LogP) is 3.92. The van der Waals surface area contributed by atoms with Crippen LogP contribution in [0.5, 0.6) is 0 Å². The first-order valence-electron chi connectivity index (χ1n) is 8.99. The van der Waals surface area contributed by atoms with Crippen LogP contribution in [0.25, 0.3) is 0 Å². The van der Waals surface area contributed by atoms with E-state index in [0.717, 1.165) is 16.5 Å². The molecule has 5 heteroatoms. The van der Waals surface area contributed by atoms with E-state index in [1.807, 2.05) is 36.4 Å². The minimum atomic E-state index is -0.225. The molecule has 2 saturated heterocycles. The van der Waals surface area contributed by atoms with E-state index in [0.29, 0.717) is 19.8 Å². The number of halogens is 1. The lowest BCUT2D eigenvalue weighted by Gasteiger charge is -2.40. The van der Waals surface area contributed by atoms with Crippen molar-refractivity contribution in [2.75, 3.05) is 11.9 Å². The van der Waals surface area contributed by atoms with Crippen molar-refractivity contribution in [3.63, 3.8) is 0 Å². The fourth-order valence-corrected chi connectivity index (χ4v) is 4.24. The fourth-order valence-electron chi connectivity index (χ4n) is 3.56. The molecule has 0 unspecified atom stereocenters. The van der Waals surface area contributed by atoms with Crippen LogP contribution in [-0.2, 0) is 32.2 Å². The molecule has 0 N–H and O–H groups in total. The Bertz CT molecular complexity index is 681. The zero-order valence-electron chi connectivity index (χ0n) is 14.5. The quantitative estimate of drug-likeness (QED) is 0.638. The largest absolute Gasteiger partial charge is 0.370 e. The van der Waals surface area contributed by atoms with E-state index < -0.39 is 0 Å². The smallest absolute Gasteiger partial charge is 0.164 e. The second-order valence-corrected chi connectivity index (χ2v) is 7.36. The minimum Gasteiger partial charge on any atom is -0.370 e.